The Bertz CT molecular complexity index is 629. The van der Waals surface area contributed by atoms with E-state index in [1.54, 1.807) is 0 Å². The van der Waals surface area contributed by atoms with Crippen molar-refractivity contribution in [3.8, 4) is 0 Å². The van der Waals surface area contributed by atoms with Gasteiger partial charge in [0.05, 0.1) is 0 Å². The molecule has 17 heavy (non-hydrogen) atoms. The normalized spacial score (nSPS) is 9.88. The summed E-state index contributed by atoms with van der Waals surface area (Å²) in [5, 5.41) is 5.84. The quantitative estimate of drug-likeness (QED) is 0.678. The Morgan fingerprint density at radius 3 is 2.47 bits per heavy atom. The molecule has 0 aliphatic carbocycles. The molecule has 80 valence electrons. The minimum Gasteiger partial charge on any atom is -0.355 e. The average molecular weight is 217 g/mol. The molecule has 0 spiro atoms. The van der Waals surface area contributed by atoms with Crippen LogP contribution in [0.2, 0.25) is 0 Å². The first-order valence-electron chi connectivity index (χ1n) is 5.55. The van der Waals surface area contributed by atoms with Crippen molar-refractivity contribution < 1.29 is 0 Å². The number of nitrogens with one attached hydrogen (secondary N) is 1. The third-order valence-corrected chi connectivity index (χ3v) is 2.70. The predicted molar refractivity (Wildman–Crippen MR) is 71.3 cm³/mol. The highest BCUT2D eigenvalue weighted by atomic mass is 14.9. The van der Waals surface area contributed by atoms with Crippen LogP contribution in [0, 0.1) is 12.1 Å². The minimum absolute atomic E-state index is 1.03. The number of rotatable bonds is 2. The Labute approximate surface area is 101 Å². The summed E-state index contributed by atoms with van der Waals surface area (Å²) in [6.45, 7) is 0. The molecule has 0 bridgehead atoms. The molecule has 0 heterocycles. The van der Waals surface area contributed by atoms with Gasteiger partial charge in [-0.2, -0.15) is 0 Å². The summed E-state index contributed by atoms with van der Waals surface area (Å²) in [6.07, 6.45) is 0. The Balaban J connectivity index is 1.96. The van der Waals surface area contributed by atoms with Crippen molar-refractivity contribution in [2.45, 2.75) is 0 Å². The molecule has 0 aliphatic heterocycles. The summed E-state index contributed by atoms with van der Waals surface area (Å²) in [5.41, 5.74) is 2.11. The topological polar surface area (TPSA) is 12.0 Å². The lowest BCUT2D eigenvalue weighted by molar-refractivity contribution is 1.58. The maximum atomic E-state index is 3.34. The Kier molecular flexibility index (Phi) is 2.40. The molecule has 1 N–H and O–H groups in total. The first-order valence-corrected chi connectivity index (χ1v) is 5.55. The lowest BCUT2D eigenvalue weighted by Gasteiger charge is -2.06. The van der Waals surface area contributed by atoms with E-state index in [0.717, 1.165) is 11.4 Å². The molecular weight excluding hydrogens is 206 g/mol. The number of benzene rings is 2. The van der Waals surface area contributed by atoms with Crippen LogP contribution in [0.1, 0.15) is 0 Å². The predicted octanol–water partition coefficient (Wildman–Crippen LogP) is 4.18. The van der Waals surface area contributed by atoms with Gasteiger partial charge < -0.3 is 5.32 Å². The molecule has 0 aliphatic rings. The maximum Gasteiger partial charge on any atom is 0.0475 e. The summed E-state index contributed by atoms with van der Waals surface area (Å²) in [7, 11) is 0. The fraction of sp³-hybridized carbons (Fsp3) is 0. The molecule has 0 fully saturated rings. The third-order valence-electron chi connectivity index (χ3n) is 2.70. The van der Waals surface area contributed by atoms with E-state index < -0.39 is 0 Å². The van der Waals surface area contributed by atoms with Crippen molar-refractivity contribution in [3.63, 3.8) is 0 Å². The van der Waals surface area contributed by atoms with Crippen molar-refractivity contribution in [2.75, 3.05) is 5.32 Å². The maximum absolute atomic E-state index is 3.34. The fourth-order valence-corrected chi connectivity index (χ4v) is 1.86. The zero-order chi connectivity index (χ0) is 11.5. The molecule has 0 saturated heterocycles. The summed E-state index contributed by atoms with van der Waals surface area (Å²) in [4.78, 5) is 0. The van der Waals surface area contributed by atoms with Gasteiger partial charge in [0.1, 0.15) is 0 Å². The van der Waals surface area contributed by atoms with Crippen LogP contribution < -0.4 is 5.32 Å². The summed E-state index contributed by atoms with van der Waals surface area (Å²) in [6, 6.07) is 26.2. The Morgan fingerprint density at radius 2 is 1.65 bits per heavy atom. The van der Waals surface area contributed by atoms with Crippen molar-refractivity contribution in [3.05, 3.63) is 72.8 Å². The van der Waals surface area contributed by atoms with Gasteiger partial charge in [-0.3, -0.25) is 0 Å². The molecule has 0 amide bonds. The van der Waals surface area contributed by atoms with Crippen LogP contribution in [0.25, 0.3) is 10.8 Å². The second-order valence-corrected chi connectivity index (χ2v) is 3.91. The monoisotopic (exact) mass is 217 g/mol. The van der Waals surface area contributed by atoms with Crippen LogP contribution in [-0.2, 0) is 0 Å². The van der Waals surface area contributed by atoms with Gasteiger partial charge in [0.25, 0.3) is 0 Å². The molecule has 1 heteroatoms. The van der Waals surface area contributed by atoms with Gasteiger partial charge >= 0.3 is 0 Å². The van der Waals surface area contributed by atoms with Crippen molar-refractivity contribution in [1.29, 1.82) is 0 Å². The second-order valence-electron chi connectivity index (χ2n) is 3.91. The van der Waals surface area contributed by atoms with Gasteiger partial charge in [-0.05, 0) is 35.0 Å². The lowest BCUT2D eigenvalue weighted by Crippen LogP contribution is -1.88. The zero-order valence-corrected chi connectivity index (χ0v) is 9.27. The first kappa shape index (κ1) is 9.74. The zero-order valence-electron chi connectivity index (χ0n) is 9.27. The molecule has 1 nitrogen and oxygen atoms in total. The highest BCUT2D eigenvalue weighted by Crippen LogP contribution is 2.21. The second kappa shape index (κ2) is 4.19. The number of fused-ring (bicyclic) bond motifs is 1. The van der Waals surface area contributed by atoms with Crippen LogP contribution in [0.4, 0.5) is 11.4 Å². The molecule has 0 radical (unpaired) electrons. The Hall–Kier alpha value is -2.46. The average Bonchev–Trinajstić information content (AvgIpc) is 2.40. The molecule has 0 atom stereocenters. The van der Waals surface area contributed by atoms with Crippen LogP contribution in [0.5, 0.6) is 0 Å². The van der Waals surface area contributed by atoms with Crippen molar-refractivity contribution in [2.24, 2.45) is 0 Å². The van der Waals surface area contributed by atoms with E-state index in [0.29, 0.717) is 0 Å². The lowest BCUT2D eigenvalue weighted by atomic mass is 10.1. The number of anilines is 2. The number of hydrogen-bond acceptors (Lipinski definition) is 1. The standard InChI is InChI=1S/C16H11N/c1-2-8-15(9-3-1)17-16-11-10-13-6-4-5-7-14(13)12-16/h2,4-12,17H. The van der Waals surface area contributed by atoms with Gasteiger partial charge in [0.15, 0.2) is 0 Å². The summed E-state index contributed by atoms with van der Waals surface area (Å²) >= 11 is 0. The molecule has 0 aromatic heterocycles. The van der Waals surface area contributed by atoms with Crippen LogP contribution in [0.3, 0.4) is 0 Å². The fourth-order valence-electron chi connectivity index (χ4n) is 1.86. The van der Waals surface area contributed by atoms with E-state index in [4.69, 9.17) is 0 Å². The van der Waals surface area contributed by atoms with Crippen molar-refractivity contribution in [1.82, 2.24) is 0 Å². The van der Waals surface area contributed by atoms with E-state index in [-0.39, 0.29) is 0 Å². The highest BCUT2D eigenvalue weighted by molar-refractivity contribution is 5.86. The van der Waals surface area contributed by atoms with Crippen molar-refractivity contribution >= 4 is 22.1 Å². The highest BCUT2D eigenvalue weighted by Gasteiger charge is 1.96. The molecular formula is C16H11N. The molecule has 3 rings (SSSR count). The first-order chi connectivity index (χ1) is 8.42. The molecule has 3 aromatic carbocycles. The van der Waals surface area contributed by atoms with Gasteiger partial charge in [-0.1, -0.05) is 42.5 Å². The van der Waals surface area contributed by atoms with E-state index in [1.807, 2.05) is 18.2 Å². The van der Waals surface area contributed by atoms with Gasteiger partial charge in [0.2, 0.25) is 0 Å². The van der Waals surface area contributed by atoms with Gasteiger partial charge in [-0.25, -0.2) is 0 Å². The van der Waals surface area contributed by atoms with E-state index in [9.17, 15) is 0 Å². The Morgan fingerprint density at radius 1 is 0.765 bits per heavy atom. The van der Waals surface area contributed by atoms with E-state index >= 15 is 0 Å². The summed E-state index contributed by atoms with van der Waals surface area (Å²) < 4.78 is 0. The number of hydrogen-bond donors (Lipinski definition) is 1. The SMILES string of the molecule is c1ccc(Nc2ccc3ccccc3c2)cc#1. The molecule has 0 unspecified atom stereocenters. The molecule has 3 aromatic rings. The molecule has 0 saturated carbocycles. The van der Waals surface area contributed by atoms with Crippen LogP contribution in [-0.4, -0.2) is 0 Å². The van der Waals surface area contributed by atoms with Gasteiger partial charge in [0, 0.05) is 17.4 Å². The minimum atomic E-state index is 1.03. The van der Waals surface area contributed by atoms with E-state index in [1.165, 1.54) is 10.8 Å². The van der Waals surface area contributed by atoms with Gasteiger partial charge in [-0.15, -0.1) is 0 Å². The summed E-state index contributed by atoms with van der Waals surface area (Å²) in [5.74, 6) is 0. The third kappa shape index (κ3) is 2.07. The van der Waals surface area contributed by atoms with Crippen LogP contribution >= 0.6 is 0 Å². The van der Waals surface area contributed by atoms with Crippen LogP contribution in [0.15, 0.2) is 60.7 Å². The largest absolute Gasteiger partial charge is 0.355 e. The van der Waals surface area contributed by atoms with E-state index in [2.05, 4.69) is 59.9 Å². The smallest absolute Gasteiger partial charge is 0.0475 e.